The topological polar surface area (TPSA) is 39.9 Å². The fourth-order valence-electron chi connectivity index (χ4n) is 3.28. The highest BCUT2D eigenvalue weighted by molar-refractivity contribution is 7.15. The molecule has 0 aromatic carbocycles. The molecule has 0 radical (unpaired) electrons. The third-order valence-electron chi connectivity index (χ3n) is 4.29. The molecule has 2 aromatic rings. The standard InChI is InChI=1S/C17H19N3OS/c1-10-5-4-6-13(7-10)16-11(2)22-17-14(16)8-21-9-15-19-18-12(3)20(15)17/h4,6-7,10H,5,8-9H2,1-3H3. The minimum Gasteiger partial charge on any atom is -0.369 e. The molecule has 0 fully saturated rings. The average Bonchev–Trinajstić information content (AvgIpc) is 2.94. The fraction of sp³-hybridized carbons (Fsp3) is 0.412. The van der Waals surface area contributed by atoms with Crippen LogP contribution in [-0.2, 0) is 18.0 Å². The first kappa shape index (κ1) is 13.9. The molecule has 5 heteroatoms. The van der Waals surface area contributed by atoms with Gasteiger partial charge in [0.15, 0.2) is 5.82 Å². The number of aromatic nitrogens is 3. The molecular formula is C17H19N3OS. The van der Waals surface area contributed by atoms with Gasteiger partial charge in [-0.1, -0.05) is 25.2 Å². The number of allylic oxidation sites excluding steroid dienone is 4. The molecule has 0 saturated heterocycles. The van der Waals surface area contributed by atoms with Crippen molar-refractivity contribution in [3.8, 4) is 5.00 Å². The van der Waals surface area contributed by atoms with Crippen LogP contribution in [0.4, 0.5) is 0 Å². The lowest BCUT2D eigenvalue weighted by molar-refractivity contribution is 0.105. The Bertz CT molecular complexity index is 797. The number of nitrogens with zero attached hydrogens (tertiary/aromatic N) is 3. The largest absolute Gasteiger partial charge is 0.369 e. The first-order chi connectivity index (χ1) is 10.6. The molecule has 0 spiro atoms. The Hall–Kier alpha value is -1.72. The van der Waals surface area contributed by atoms with Gasteiger partial charge in [0.2, 0.25) is 0 Å². The number of ether oxygens (including phenoxy) is 1. The van der Waals surface area contributed by atoms with Crippen LogP contribution in [0.15, 0.2) is 18.2 Å². The molecule has 4 nitrogen and oxygen atoms in total. The molecule has 1 unspecified atom stereocenters. The second-order valence-electron chi connectivity index (χ2n) is 6.05. The van der Waals surface area contributed by atoms with E-state index in [-0.39, 0.29) is 0 Å². The van der Waals surface area contributed by atoms with Crippen LogP contribution < -0.4 is 0 Å². The Balaban J connectivity index is 1.93. The fourth-order valence-corrected chi connectivity index (χ4v) is 4.53. The summed E-state index contributed by atoms with van der Waals surface area (Å²) in [4.78, 5) is 1.33. The number of thiophene rings is 1. The second kappa shape index (κ2) is 5.18. The van der Waals surface area contributed by atoms with Crippen LogP contribution in [-0.4, -0.2) is 14.8 Å². The van der Waals surface area contributed by atoms with Crippen LogP contribution >= 0.6 is 11.3 Å². The third-order valence-corrected chi connectivity index (χ3v) is 5.42. The van der Waals surface area contributed by atoms with Gasteiger partial charge in [-0.3, -0.25) is 4.57 Å². The zero-order valence-electron chi connectivity index (χ0n) is 13.1. The summed E-state index contributed by atoms with van der Waals surface area (Å²) in [6, 6.07) is 0. The van der Waals surface area contributed by atoms with Crippen molar-refractivity contribution in [2.24, 2.45) is 5.92 Å². The quantitative estimate of drug-likeness (QED) is 0.800. The zero-order chi connectivity index (χ0) is 15.3. The van der Waals surface area contributed by atoms with Gasteiger partial charge in [-0.15, -0.1) is 21.5 Å². The Morgan fingerprint density at radius 1 is 1.27 bits per heavy atom. The molecular weight excluding hydrogens is 294 g/mol. The van der Waals surface area contributed by atoms with Crippen LogP contribution in [0, 0.1) is 19.8 Å². The van der Waals surface area contributed by atoms with Gasteiger partial charge in [0.1, 0.15) is 17.4 Å². The van der Waals surface area contributed by atoms with Gasteiger partial charge in [0.25, 0.3) is 0 Å². The van der Waals surface area contributed by atoms with Gasteiger partial charge in [-0.25, -0.2) is 0 Å². The third kappa shape index (κ3) is 2.08. The van der Waals surface area contributed by atoms with E-state index in [4.69, 9.17) is 4.74 Å². The van der Waals surface area contributed by atoms with Crippen LogP contribution in [0.3, 0.4) is 0 Å². The predicted molar refractivity (Wildman–Crippen MR) is 88.1 cm³/mol. The van der Waals surface area contributed by atoms with Gasteiger partial charge in [-0.2, -0.15) is 0 Å². The molecule has 3 heterocycles. The summed E-state index contributed by atoms with van der Waals surface area (Å²) in [6.45, 7) is 7.62. The van der Waals surface area contributed by atoms with Gasteiger partial charge >= 0.3 is 0 Å². The molecule has 114 valence electrons. The zero-order valence-corrected chi connectivity index (χ0v) is 13.9. The predicted octanol–water partition coefficient (Wildman–Crippen LogP) is 3.96. The number of aryl methyl sites for hydroxylation is 2. The van der Waals surface area contributed by atoms with Crippen molar-refractivity contribution in [3.05, 3.63) is 45.9 Å². The molecule has 0 N–H and O–H groups in total. The van der Waals surface area contributed by atoms with E-state index >= 15 is 0 Å². The smallest absolute Gasteiger partial charge is 0.164 e. The Kier molecular flexibility index (Phi) is 3.27. The number of hydrogen-bond donors (Lipinski definition) is 0. The number of hydrogen-bond acceptors (Lipinski definition) is 4. The van der Waals surface area contributed by atoms with Crippen molar-refractivity contribution < 1.29 is 4.74 Å². The Morgan fingerprint density at radius 3 is 2.95 bits per heavy atom. The van der Waals surface area contributed by atoms with E-state index in [1.54, 1.807) is 0 Å². The van der Waals surface area contributed by atoms with Crippen molar-refractivity contribution >= 4 is 16.9 Å². The maximum Gasteiger partial charge on any atom is 0.164 e. The molecule has 1 aliphatic heterocycles. The molecule has 0 bridgehead atoms. The minimum absolute atomic E-state index is 0.520. The molecule has 1 atom stereocenters. The number of fused-ring (bicyclic) bond motifs is 3. The summed E-state index contributed by atoms with van der Waals surface area (Å²) in [5.41, 5.74) is 3.93. The molecule has 2 aliphatic rings. The molecule has 2 aromatic heterocycles. The summed E-state index contributed by atoms with van der Waals surface area (Å²) in [5.74, 6) is 2.41. The number of rotatable bonds is 1. The van der Waals surface area contributed by atoms with E-state index in [1.807, 2.05) is 18.3 Å². The lowest BCUT2D eigenvalue weighted by atomic mass is 9.92. The van der Waals surface area contributed by atoms with Crippen molar-refractivity contribution in [3.63, 3.8) is 0 Å². The van der Waals surface area contributed by atoms with Crippen molar-refractivity contribution in [2.75, 3.05) is 0 Å². The highest BCUT2D eigenvalue weighted by Gasteiger charge is 2.26. The Morgan fingerprint density at radius 2 is 2.14 bits per heavy atom. The molecule has 0 saturated carbocycles. The minimum atomic E-state index is 0.520. The summed E-state index contributed by atoms with van der Waals surface area (Å²) < 4.78 is 8.02. The van der Waals surface area contributed by atoms with E-state index in [0.717, 1.165) is 18.1 Å². The molecule has 4 rings (SSSR count). The van der Waals surface area contributed by atoms with E-state index in [1.165, 1.54) is 26.6 Å². The maximum atomic E-state index is 5.86. The van der Waals surface area contributed by atoms with Crippen molar-refractivity contribution in [1.82, 2.24) is 14.8 Å². The summed E-state index contributed by atoms with van der Waals surface area (Å²) >= 11 is 1.81. The van der Waals surface area contributed by atoms with E-state index in [0.29, 0.717) is 19.1 Å². The van der Waals surface area contributed by atoms with E-state index in [9.17, 15) is 0 Å². The van der Waals surface area contributed by atoms with Gasteiger partial charge in [-0.05, 0) is 31.8 Å². The van der Waals surface area contributed by atoms with Crippen LogP contribution in [0.5, 0.6) is 0 Å². The van der Waals surface area contributed by atoms with E-state index in [2.05, 4.69) is 46.8 Å². The first-order valence-electron chi connectivity index (χ1n) is 7.65. The maximum absolute atomic E-state index is 5.86. The van der Waals surface area contributed by atoms with Crippen molar-refractivity contribution in [2.45, 2.75) is 40.4 Å². The molecule has 1 aliphatic carbocycles. The van der Waals surface area contributed by atoms with Gasteiger partial charge in [0, 0.05) is 16.0 Å². The lowest BCUT2D eigenvalue weighted by Crippen LogP contribution is -2.01. The monoisotopic (exact) mass is 313 g/mol. The van der Waals surface area contributed by atoms with Gasteiger partial charge < -0.3 is 4.74 Å². The normalized spacial score (nSPS) is 20.3. The highest BCUT2D eigenvalue weighted by Crippen LogP contribution is 2.40. The van der Waals surface area contributed by atoms with Crippen LogP contribution in [0.2, 0.25) is 0 Å². The summed E-state index contributed by atoms with van der Waals surface area (Å²) in [6.07, 6.45) is 8.02. The molecule has 22 heavy (non-hydrogen) atoms. The molecule has 0 amide bonds. The Labute approximate surface area is 134 Å². The van der Waals surface area contributed by atoms with E-state index < -0.39 is 0 Å². The van der Waals surface area contributed by atoms with Crippen LogP contribution in [0.1, 0.15) is 41.0 Å². The summed E-state index contributed by atoms with van der Waals surface area (Å²) in [5, 5.41) is 9.68. The second-order valence-corrected chi connectivity index (χ2v) is 7.25. The van der Waals surface area contributed by atoms with Gasteiger partial charge in [0.05, 0.1) is 6.61 Å². The highest BCUT2D eigenvalue weighted by atomic mass is 32.1. The van der Waals surface area contributed by atoms with Crippen LogP contribution in [0.25, 0.3) is 10.6 Å². The van der Waals surface area contributed by atoms with Crippen molar-refractivity contribution in [1.29, 1.82) is 0 Å². The first-order valence-corrected chi connectivity index (χ1v) is 8.47. The summed E-state index contributed by atoms with van der Waals surface area (Å²) in [7, 11) is 0. The average molecular weight is 313 g/mol. The lowest BCUT2D eigenvalue weighted by Gasteiger charge is -2.14. The SMILES string of the molecule is Cc1sc2c(c1C1=CC(C)CC=C1)COCc1nnc(C)n1-2.